The van der Waals surface area contributed by atoms with Gasteiger partial charge in [0, 0.05) is 6.04 Å². The summed E-state index contributed by atoms with van der Waals surface area (Å²) in [4.78, 5) is 0. The maximum atomic E-state index is 9.49. The number of nitrogens with two attached hydrogens (primary N) is 1. The average molecular weight is 242 g/mol. The van der Waals surface area contributed by atoms with Crippen molar-refractivity contribution in [3.63, 3.8) is 0 Å². The molecule has 0 heterocycles. The van der Waals surface area contributed by atoms with Gasteiger partial charge in [-0.1, -0.05) is 0 Å². The van der Waals surface area contributed by atoms with Gasteiger partial charge in [-0.25, -0.2) is 0 Å². The van der Waals surface area contributed by atoms with Gasteiger partial charge in [-0.15, -0.1) is 0 Å². The van der Waals surface area contributed by atoms with Crippen LogP contribution in [0.5, 0.6) is 5.75 Å². The summed E-state index contributed by atoms with van der Waals surface area (Å²) in [6, 6.07) is 3.86. The fourth-order valence-electron chi connectivity index (χ4n) is 1.85. The third kappa shape index (κ3) is 1.58. The van der Waals surface area contributed by atoms with Gasteiger partial charge in [0.15, 0.2) is 0 Å². The molecule has 0 saturated heterocycles. The van der Waals surface area contributed by atoms with Crippen molar-refractivity contribution in [1.29, 1.82) is 0 Å². The molecule has 0 fully saturated rings. The molecule has 0 saturated carbocycles. The van der Waals surface area contributed by atoms with Gasteiger partial charge in [-0.2, -0.15) is 0 Å². The fourth-order valence-corrected chi connectivity index (χ4v) is 2.24. The lowest BCUT2D eigenvalue weighted by atomic mass is 9.88. The molecule has 1 aromatic carbocycles. The smallest absolute Gasteiger partial charge is 0.130 e. The molecular weight excluding hydrogens is 230 g/mol. The van der Waals surface area contributed by atoms with Crippen LogP contribution < -0.4 is 5.73 Å². The summed E-state index contributed by atoms with van der Waals surface area (Å²) >= 11 is 3.30. The molecule has 0 aromatic heterocycles. The first-order chi connectivity index (χ1) is 6.18. The molecule has 3 N–H and O–H groups in total. The number of aryl methyl sites for hydroxylation is 1. The lowest BCUT2D eigenvalue weighted by molar-refractivity contribution is 0.467. The molecule has 0 spiro atoms. The molecule has 0 aliphatic heterocycles. The Morgan fingerprint density at radius 1 is 1.46 bits per heavy atom. The topological polar surface area (TPSA) is 46.2 Å². The minimum atomic E-state index is 0.0998. The number of rotatable bonds is 0. The first-order valence-corrected chi connectivity index (χ1v) is 5.24. The van der Waals surface area contributed by atoms with Crippen LogP contribution in [0.4, 0.5) is 0 Å². The summed E-state index contributed by atoms with van der Waals surface area (Å²) in [5.74, 6) is 0.288. The number of halogens is 1. The lowest BCUT2D eigenvalue weighted by Crippen LogP contribution is -2.17. The Labute approximate surface area is 85.9 Å². The van der Waals surface area contributed by atoms with E-state index in [1.807, 2.05) is 6.07 Å². The van der Waals surface area contributed by atoms with E-state index < -0.39 is 0 Å². The Bertz CT molecular complexity index is 338. The highest BCUT2D eigenvalue weighted by Crippen LogP contribution is 2.35. The molecule has 0 bridgehead atoms. The van der Waals surface area contributed by atoms with Gasteiger partial charge in [0.1, 0.15) is 5.75 Å². The highest BCUT2D eigenvalue weighted by molar-refractivity contribution is 9.10. The molecule has 1 atom stereocenters. The van der Waals surface area contributed by atoms with Gasteiger partial charge in [0.05, 0.1) is 4.47 Å². The van der Waals surface area contributed by atoms with E-state index in [1.54, 1.807) is 6.07 Å². The molecule has 70 valence electrons. The van der Waals surface area contributed by atoms with Crippen LogP contribution in [0, 0.1) is 0 Å². The van der Waals surface area contributed by atoms with Crippen LogP contribution >= 0.6 is 15.9 Å². The summed E-state index contributed by atoms with van der Waals surface area (Å²) in [5, 5.41) is 9.49. The Morgan fingerprint density at radius 3 is 3.00 bits per heavy atom. The van der Waals surface area contributed by atoms with Crippen molar-refractivity contribution < 1.29 is 5.11 Å². The first-order valence-electron chi connectivity index (χ1n) is 4.45. The molecule has 3 heteroatoms. The number of aromatic hydroxyl groups is 1. The van der Waals surface area contributed by atoms with E-state index in [4.69, 9.17) is 5.73 Å². The van der Waals surface area contributed by atoms with Crippen molar-refractivity contribution in [2.75, 3.05) is 0 Å². The number of hydrogen-bond donors (Lipinski definition) is 2. The molecule has 0 radical (unpaired) electrons. The predicted octanol–water partition coefficient (Wildman–Crippen LogP) is 2.49. The average Bonchev–Trinajstić information content (AvgIpc) is 2.09. The minimum absolute atomic E-state index is 0.0998. The third-order valence-electron chi connectivity index (χ3n) is 2.57. The number of phenols is 1. The minimum Gasteiger partial charge on any atom is -0.507 e. The Hall–Kier alpha value is -0.540. The van der Waals surface area contributed by atoms with Crippen molar-refractivity contribution in [3.05, 3.63) is 27.7 Å². The molecule has 0 unspecified atom stereocenters. The lowest BCUT2D eigenvalue weighted by Gasteiger charge is -2.22. The van der Waals surface area contributed by atoms with Gasteiger partial charge in [-0.05, 0) is 58.5 Å². The van der Waals surface area contributed by atoms with Crippen LogP contribution in [-0.4, -0.2) is 5.11 Å². The monoisotopic (exact) mass is 241 g/mol. The van der Waals surface area contributed by atoms with E-state index in [9.17, 15) is 5.11 Å². The zero-order valence-corrected chi connectivity index (χ0v) is 8.84. The van der Waals surface area contributed by atoms with Gasteiger partial charge < -0.3 is 10.8 Å². The molecule has 2 nitrogen and oxygen atoms in total. The summed E-state index contributed by atoms with van der Waals surface area (Å²) in [7, 11) is 0. The molecule has 1 aliphatic rings. The van der Waals surface area contributed by atoms with Crippen LogP contribution in [0.3, 0.4) is 0 Å². The highest BCUT2D eigenvalue weighted by Gasteiger charge is 2.18. The Balaban J connectivity index is 2.52. The molecule has 2 rings (SSSR count). The quantitative estimate of drug-likeness (QED) is 0.734. The van der Waals surface area contributed by atoms with E-state index in [2.05, 4.69) is 15.9 Å². The van der Waals surface area contributed by atoms with Gasteiger partial charge in [-0.3, -0.25) is 0 Å². The van der Waals surface area contributed by atoms with Gasteiger partial charge in [0.2, 0.25) is 0 Å². The van der Waals surface area contributed by atoms with Crippen molar-refractivity contribution in [3.8, 4) is 5.75 Å². The summed E-state index contributed by atoms with van der Waals surface area (Å²) in [6.45, 7) is 0. The van der Waals surface area contributed by atoms with Crippen molar-refractivity contribution in [2.45, 2.75) is 25.3 Å². The maximum Gasteiger partial charge on any atom is 0.130 e. The standard InChI is InChI=1S/C10H12BrNO/c11-8-4-6-2-1-3-9(12)7(6)5-10(8)13/h4-5,9,13H,1-3,12H2/t9-/m1/s1. The van der Waals surface area contributed by atoms with Crippen LogP contribution in [0.2, 0.25) is 0 Å². The van der Waals surface area contributed by atoms with Gasteiger partial charge in [0.25, 0.3) is 0 Å². The van der Waals surface area contributed by atoms with Crippen LogP contribution in [0.25, 0.3) is 0 Å². The van der Waals surface area contributed by atoms with E-state index >= 15 is 0 Å². The van der Waals surface area contributed by atoms with Crippen LogP contribution in [0.15, 0.2) is 16.6 Å². The van der Waals surface area contributed by atoms with E-state index in [1.165, 1.54) is 5.56 Å². The number of fused-ring (bicyclic) bond motifs is 1. The molecule has 0 amide bonds. The summed E-state index contributed by atoms with van der Waals surface area (Å²) in [6.07, 6.45) is 3.24. The first kappa shape index (κ1) is 9.03. The Kier molecular flexibility index (Phi) is 2.30. The predicted molar refractivity (Wildman–Crippen MR) is 55.7 cm³/mol. The fraction of sp³-hybridized carbons (Fsp3) is 0.400. The van der Waals surface area contributed by atoms with Crippen molar-refractivity contribution in [2.24, 2.45) is 5.73 Å². The number of phenolic OH excluding ortho intramolecular Hbond substituents is 1. The second-order valence-electron chi connectivity index (χ2n) is 3.50. The van der Waals surface area contributed by atoms with Crippen LogP contribution in [-0.2, 0) is 6.42 Å². The third-order valence-corrected chi connectivity index (χ3v) is 3.20. The zero-order valence-electron chi connectivity index (χ0n) is 7.26. The number of benzene rings is 1. The highest BCUT2D eigenvalue weighted by atomic mass is 79.9. The Morgan fingerprint density at radius 2 is 2.23 bits per heavy atom. The van der Waals surface area contributed by atoms with E-state index in [0.29, 0.717) is 0 Å². The molecule has 1 aromatic rings. The SMILES string of the molecule is N[C@@H]1CCCc2cc(Br)c(O)cc21. The number of hydrogen-bond acceptors (Lipinski definition) is 2. The van der Waals surface area contributed by atoms with E-state index in [0.717, 1.165) is 29.3 Å². The summed E-state index contributed by atoms with van der Waals surface area (Å²) in [5.41, 5.74) is 8.31. The van der Waals surface area contributed by atoms with Gasteiger partial charge >= 0.3 is 0 Å². The normalized spacial score (nSPS) is 21.2. The molecular formula is C10H12BrNO. The zero-order chi connectivity index (χ0) is 9.42. The second kappa shape index (κ2) is 3.31. The molecule has 13 heavy (non-hydrogen) atoms. The van der Waals surface area contributed by atoms with Crippen LogP contribution in [0.1, 0.15) is 30.0 Å². The van der Waals surface area contributed by atoms with Crippen molar-refractivity contribution >= 4 is 15.9 Å². The maximum absolute atomic E-state index is 9.49. The van der Waals surface area contributed by atoms with Crippen molar-refractivity contribution in [1.82, 2.24) is 0 Å². The second-order valence-corrected chi connectivity index (χ2v) is 4.36. The summed E-state index contributed by atoms with van der Waals surface area (Å²) < 4.78 is 0.764. The largest absolute Gasteiger partial charge is 0.507 e. The molecule has 1 aliphatic carbocycles. The van der Waals surface area contributed by atoms with E-state index in [-0.39, 0.29) is 11.8 Å².